The minimum Gasteiger partial charge on any atom is -0.303 e. The molecule has 0 fully saturated rings. The molecule has 1 aromatic carbocycles. The fourth-order valence-corrected chi connectivity index (χ4v) is 4.48. The average Bonchev–Trinajstić information content (AvgIpc) is 3.19. The van der Waals surface area contributed by atoms with Crippen molar-refractivity contribution in [3.63, 3.8) is 0 Å². The number of anilines is 1. The van der Waals surface area contributed by atoms with Crippen LogP contribution in [-0.4, -0.2) is 34.5 Å². The number of aldehydes is 1. The summed E-state index contributed by atoms with van der Waals surface area (Å²) in [6.45, 7) is 0.297. The lowest BCUT2D eigenvalue weighted by molar-refractivity contribution is -0.114. The number of benzene rings is 1. The van der Waals surface area contributed by atoms with E-state index in [-0.39, 0.29) is 23.5 Å². The van der Waals surface area contributed by atoms with Gasteiger partial charge in [-0.1, -0.05) is 35.5 Å². The van der Waals surface area contributed by atoms with Crippen LogP contribution >= 0.6 is 34.7 Å². The van der Waals surface area contributed by atoms with Gasteiger partial charge in [0.05, 0.1) is 23.4 Å². The Labute approximate surface area is 169 Å². The third-order valence-electron chi connectivity index (χ3n) is 4.14. The minimum atomic E-state index is -0.590. The molecule has 0 aliphatic carbocycles. The van der Waals surface area contributed by atoms with Crippen LogP contribution in [0.2, 0.25) is 5.02 Å². The van der Waals surface area contributed by atoms with Gasteiger partial charge in [-0.05, 0) is 17.7 Å². The Morgan fingerprint density at radius 2 is 2.22 bits per heavy atom. The molecule has 0 radical (unpaired) electrons. The molecule has 27 heavy (non-hydrogen) atoms. The standard InChI is InChI=1S/C18H15ClN4O2S2/c19-13-3-1-11(2-4-13)16-12(9-24)8-22-17(14(16)7-20)27-10-15(25)23-18-21-5-6-26-18/h1-6,9,12,14,16H,8,10H2,(H,21,23,25). The highest BCUT2D eigenvalue weighted by atomic mass is 35.5. The maximum atomic E-state index is 12.1. The van der Waals surface area contributed by atoms with Crippen molar-refractivity contribution < 1.29 is 9.59 Å². The van der Waals surface area contributed by atoms with Gasteiger partial charge in [0.1, 0.15) is 12.2 Å². The van der Waals surface area contributed by atoms with E-state index in [9.17, 15) is 14.9 Å². The van der Waals surface area contributed by atoms with Crippen molar-refractivity contribution in [2.75, 3.05) is 17.6 Å². The van der Waals surface area contributed by atoms with E-state index in [1.807, 2.05) is 12.1 Å². The van der Waals surface area contributed by atoms with Gasteiger partial charge in [-0.3, -0.25) is 9.79 Å². The van der Waals surface area contributed by atoms with Crippen LogP contribution in [0.5, 0.6) is 0 Å². The predicted molar refractivity (Wildman–Crippen MR) is 108 cm³/mol. The van der Waals surface area contributed by atoms with Crippen LogP contribution in [-0.2, 0) is 9.59 Å². The number of halogens is 1. The van der Waals surface area contributed by atoms with E-state index in [1.165, 1.54) is 23.1 Å². The lowest BCUT2D eigenvalue weighted by Gasteiger charge is -2.31. The fraction of sp³-hybridized carbons (Fsp3) is 0.278. The SMILES string of the molecule is N#CC1C(SCC(=O)Nc2nccs2)=NCC(C=O)C1c1ccc(Cl)cc1. The van der Waals surface area contributed by atoms with E-state index >= 15 is 0 Å². The van der Waals surface area contributed by atoms with Crippen LogP contribution in [0.1, 0.15) is 11.5 Å². The van der Waals surface area contributed by atoms with Crippen LogP contribution in [0.25, 0.3) is 0 Å². The molecule has 9 heteroatoms. The summed E-state index contributed by atoms with van der Waals surface area (Å²) in [6, 6.07) is 9.41. The maximum Gasteiger partial charge on any atom is 0.236 e. The normalized spacial score (nSPS) is 21.8. The number of carbonyl (C=O) groups is 2. The van der Waals surface area contributed by atoms with Crippen LogP contribution in [0.4, 0.5) is 5.13 Å². The largest absolute Gasteiger partial charge is 0.303 e. The van der Waals surface area contributed by atoms with E-state index in [4.69, 9.17) is 11.6 Å². The molecule has 1 N–H and O–H groups in total. The van der Waals surface area contributed by atoms with Crippen LogP contribution in [0.15, 0.2) is 40.8 Å². The number of aliphatic imine (C=N–C) groups is 1. The van der Waals surface area contributed by atoms with Crippen molar-refractivity contribution in [1.82, 2.24) is 4.98 Å². The highest BCUT2D eigenvalue weighted by molar-refractivity contribution is 8.14. The van der Waals surface area contributed by atoms with Gasteiger partial charge >= 0.3 is 0 Å². The number of hydrogen-bond donors (Lipinski definition) is 1. The molecule has 1 amide bonds. The number of nitrogens with zero attached hydrogens (tertiary/aromatic N) is 3. The second-order valence-electron chi connectivity index (χ2n) is 5.84. The molecular weight excluding hydrogens is 404 g/mol. The van der Waals surface area contributed by atoms with Crippen molar-refractivity contribution in [2.24, 2.45) is 16.8 Å². The predicted octanol–water partition coefficient (Wildman–Crippen LogP) is 3.62. The van der Waals surface area contributed by atoms with Gasteiger partial charge in [0.2, 0.25) is 5.91 Å². The minimum absolute atomic E-state index is 0.121. The number of aromatic nitrogens is 1. The van der Waals surface area contributed by atoms with E-state index in [0.717, 1.165) is 11.8 Å². The van der Waals surface area contributed by atoms with Crippen LogP contribution in [0.3, 0.4) is 0 Å². The summed E-state index contributed by atoms with van der Waals surface area (Å²) in [5.41, 5.74) is 0.864. The summed E-state index contributed by atoms with van der Waals surface area (Å²) in [6.07, 6.45) is 2.46. The molecule has 3 atom stereocenters. The van der Waals surface area contributed by atoms with Gasteiger partial charge in [-0.25, -0.2) is 4.98 Å². The number of hydrogen-bond acceptors (Lipinski definition) is 7. The van der Waals surface area contributed by atoms with Gasteiger partial charge in [0.25, 0.3) is 0 Å². The Hall–Kier alpha value is -2.21. The first-order valence-corrected chi connectivity index (χ1v) is 10.3. The second-order valence-corrected chi connectivity index (χ2v) is 8.16. The lowest BCUT2D eigenvalue weighted by Crippen LogP contribution is -2.33. The number of nitrogens with one attached hydrogen (secondary N) is 1. The summed E-state index contributed by atoms with van der Waals surface area (Å²) in [5.74, 6) is -1.38. The summed E-state index contributed by atoms with van der Waals surface area (Å²) in [5, 5.41) is 15.9. The van der Waals surface area contributed by atoms with Gasteiger partial charge in [0, 0.05) is 28.4 Å². The number of nitriles is 1. The summed E-state index contributed by atoms with van der Waals surface area (Å²) in [4.78, 5) is 32.0. The molecule has 1 aliphatic heterocycles. The number of thioether (sulfide) groups is 1. The van der Waals surface area contributed by atoms with Crippen LogP contribution < -0.4 is 5.32 Å². The van der Waals surface area contributed by atoms with Crippen molar-refractivity contribution in [2.45, 2.75) is 5.92 Å². The average molecular weight is 419 g/mol. The number of rotatable bonds is 5. The summed E-state index contributed by atoms with van der Waals surface area (Å²) >= 11 is 8.51. The molecule has 3 rings (SSSR count). The van der Waals surface area contributed by atoms with E-state index in [2.05, 4.69) is 21.4 Å². The highest BCUT2D eigenvalue weighted by Crippen LogP contribution is 2.38. The Morgan fingerprint density at radius 3 is 2.85 bits per heavy atom. The molecule has 2 aromatic rings. The van der Waals surface area contributed by atoms with Crippen LogP contribution in [0, 0.1) is 23.2 Å². The second kappa shape index (κ2) is 9.13. The molecule has 0 bridgehead atoms. The lowest BCUT2D eigenvalue weighted by atomic mass is 9.76. The van der Waals surface area contributed by atoms with Gasteiger partial charge in [-0.2, -0.15) is 5.26 Å². The first-order chi connectivity index (χ1) is 13.1. The van der Waals surface area contributed by atoms with E-state index in [0.29, 0.717) is 21.7 Å². The molecule has 1 aromatic heterocycles. The third-order valence-corrected chi connectivity index (χ3v) is 6.17. The van der Waals surface area contributed by atoms with E-state index < -0.39 is 5.92 Å². The van der Waals surface area contributed by atoms with Crippen molar-refractivity contribution >= 4 is 57.1 Å². The number of carbonyl (C=O) groups excluding carboxylic acids is 2. The van der Waals surface area contributed by atoms with Gasteiger partial charge in [-0.15, -0.1) is 11.3 Å². The molecule has 0 spiro atoms. The zero-order chi connectivity index (χ0) is 19.2. The maximum absolute atomic E-state index is 12.1. The smallest absolute Gasteiger partial charge is 0.236 e. The molecule has 2 heterocycles. The molecule has 0 saturated carbocycles. The molecular formula is C18H15ClN4O2S2. The quantitative estimate of drug-likeness (QED) is 0.748. The Bertz CT molecular complexity index is 878. The molecule has 6 nitrogen and oxygen atoms in total. The number of amides is 1. The van der Waals surface area contributed by atoms with Crippen molar-refractivity contribution in [3.05, 3.63) is 46.4 Å². The summed E-state index contributed by atoms with van der Waals surface area (Å²) in [7, 11) is 0. The summed E-state index contributed by atoms with van der Waals surface area (Å²) < 4.78 is 0. The first-order valence-electron chi connectivity index (χ1n) is 8.09. The van der Waals surface area contributed by atoms with Gasteiger partial charge < -0.3 is 10.1 Å². The highest BCUT2D eigenvalue weighted by Gasteiger charge is 2.38. The van der Waals surface area contributed by atoms with E-state index in [1.54, 1.807) is 23.7 Å². The third kappa shape index (κ3) is 4.75. The Balaban J connectivity index is 1.74. The zero-order valence-corrected chi connectivity index (χ0v) is 16.4. The first kappa shape index (κ1) is 19.5. The molecule has 0 saturated heterocycles. The Kier molecular flexibility index (Phi) is 6.61. The molecule has 1 aliphatic rings. The van der Waals surface area contributed by atoms with Gasteiger partial charge in [0.15, 0.2) is 5.13 Å². The molecule has 3 unspecified atom stereocenters. The molecule has 138 valence electrons. The Morgan fingerprint density at radius 1 is 1.44 bits per heavy atom. The number of thiazole rings is 1. The fourth-order valence-electron chi connectivity index (χ4n) is 2.91. The van der Waals surface area contributed by atoms with Crippen molar-refractivity contribution in [3.8, 4) is 6.07 Å². The van der Waals surface area contributed by atoms with Crippen molar-refractivity contribution in [1.29, 1.82) is 5.26 Å². The zero-order valence-electron chi connectivity index (χ0n) is 14.0. The topological polar surface area (TPSA) is 95.2 Å². The monoisotopic (exact) mass is 418 g/mol.